The van der Waals surface area contributed by atoms with Crippen LogP contribution in [0, 0.1) is 0 Å². The molecule has 0 bridgehead atoms. The predicted octanol–water partition coefficient (Wildman–Crippen LogP) is 1.64. The molecule has 3 amide bonds. The van der Waals surface area contributed by atoms with Gasteiger partial charge in [-0.2, -0.15) is 0 Å². The molecular weight excluding hydrogens is 483 g/mol. The number of carbonyl (C=O) groups is 3. The molecule has 0 aliphatic carbocycles. The number of aliphatic hydroxyl groups excluding tert-OH is 1. The van der Waals surface area contributed by atoms with Gasteiger partial charge in [-0.25, -0.2) is 8.42 Å². The number of piperidine rings is 1. The highest BCUT2D eigenvalue weighted by Crippen LogP contribution is 2.37. The molecule has 3 N–H and O–H groups in total. The number of fused-ring (bicyclic) bond motifs is 1. The molecule has 2 aromatic carbocycles. The van der Waals surface area contributed by atoms with Gasteiger partial charge in [-0.1, -0.05) is 12.1 Å². The molecule has 2 heterocycles. The standard InChI is InChI=1S/C20H16F3N3O7S/c21-20(22,23)33-14-3-1-2-4-15(14)34(31,32)25-10-5-6-11-12(9-10)19(30)26(18(11)29)13-7-8-16(27)24-17(13)28/h1-6,9,13,19,25,30H,7-8H2,(H,24,27,28). The lowest BCUT2D eigenvalue weighted by molar-refractivity contribution is -0.275. The summed E-state index contributed by atoms with van der Waals surface area (Å²) in [7, 11) is -4.57. The number of imide groups is 1. The Hall–Kier alpha value is -3.65. The minimum Gasteiger partial charge on any atom is -0.404 e. The molecule has 0 spiro atoms. The number of rotatable bonds is 5. The second-order valence-electron chi connectivity index (χ2n) is 7.46. The molecule has 4 rings (SSSR count). The zero-order chi connectivity index (χ0) is 24.8. The number of hydrogen-bond acceptors (Lipinski definition) is 7. The number of alkyl halides is 3. The van der Waals surface area contributed by atoms with Gasteiger partial charge in [0.25, 0.3) is 15.9 Å². The molecule has 1 saturated heterocycles. The van der Waals surface area contributed by atoms with Gasteiger partial charge in [-0.05, 0) is 36.8 Å². The number of para-hydroxylation sites is 1. The number of carbonyl (C=O) groups excluding carboxylic acids is 3. The quantitative estimate of drug-likeness (QED) is 0.531. The van der Waals surface area contributed by atoms with Crippen molar-refractivity contribution in [3.63, 3.8) is 0 Å². The summed E-state index contributed by atoms with van der Waals surface area (Å²) in [4.78, 5) is 36.4. The highest BCUT2D eigenvalue weighted by molar-refractivity contribution is 7.92. The zero-order valence-corrected chi connectivity index (χ0v) is 17.8. The molecule has 0 saturated carbocycles. The number of aliphatic hydroxyl groups is 1. The molecule has 180 valence electrons. The second-order valence-corrected chi connectivity index (χ2v) is 9.11. The van der Waals surface area contributed by atoms with E-state index >= 15 is 0 Å². The van der Waals surface area contributed by atoms with Gasteiger partial charge < -0.3 is 9.84 Å². The van der Waals surface area contributed by atoms with Crippen molar-refractivity contribution in [2.24, 2.45) is 0 Å². The van der Waals surface area contributed by atoms with Crippen LogP contribution in [0.25, 0.3) is 0 Å². The molecular formula is C20H16F3N3O7S. The number of hydrogen-bond donors (Lipinski definition) is 3. The molecule has 2 aromatic rings. The van der Waals surface area contributed by atoms with Crippen LogP contribution in [0.5, 0.6) is 5.75 Å². The van der Waals surface area contributed by atoms with Crippen LogP contribution in [0.3, 0.4) is 0 Å². The highest BCUT2D eigenvalue weighted by atomic mass is 32.2. The molecule has 2 unspecified atom stereocenters. The van der Waals surface area contributed by atoms with Gasteiger partial charge in [0.2, 0.25) is 11.8 Å². The van der Waals surface area contributed by atoms with Crippen molar-refractivity contribution in [2.75, 3.05) is 4.72 Å². The van der Waals surface area contributed by atoms with E-state index < -0.39 is 57.0 Å². The lowest BCUT2D eigenvalue weighted by Gasteiger charge is -2.31. The molecule has 10 nitrogen and oxygen atoms in total. The van der Waals surface area contributed by atoms with Crippen LogP contribution in [-0.4, -0.2) is 48.5 Å². The van der Waals surface area contributed by atoms with Gasteiger partial charge >= 0.3 is 6.36 Å². The van der Waals surface area contributed by atoms with Crippen LogP contribution in [-0.2, 0) is 19.6 Å². The monoisotopic (exact) mass is 499 g/mol. The Bertz CT molecular complexity index is 1300. The first-order chi connectivity index (χ1) is 15.9. The number of nitrogens with zero attached hydrogens (tertiary/aromatic N) is 1. The smallest absolute Gasteiger partial charge is 0.404 e. The lowest BCUT2D eigenvalue weighted by atomic mass is 10.0. The Morgan fingerprint density at radius 2 is 1.82 bits per heavy atom. The van der Waals surface area contributed by atoms with Gasteiger partial charge in [0.1, 0.15) is 16.7 Å². The summed E-state index contributed by atoms with van der Waals surface area (Å²) >= 11 is 0. The summed E-state index contributed by atoms with van der Waals surface area (Å²) in [6, 6.07) is 6.55. The average molecular weight is 499 g/mol. The maximum atomic E-state index is 12.8. The Kier molecular flexibility index (Phi) is 5.73. The van der Waals surface area contributed by atoms with E-state index in [1.165, 1.54) is 24.3 Å². The van der Waals surface area contributed by atoms with Gasteiger partial charge in [0, 0.05) is 23.2 Å². The SMILES string of the molecule is O=C1CCC(N2C(=O)c3ccc(NS(=O)(=O)c4ccccc4OC(F)(F)F)cc3C2O)C(=O)N1. The van der Waals surface area contributed by atoms with Crippen LogP contribution in [0.4, 0.5) is 18.9 Å². The molecule has 2 aliphatic heterocycles. The van der Waals surface area contributed by atoms with E-state index in [1.807, 2.05) is 0 Å². The van der Waals surface area contributed by atoms with Crippen molar-refractivity contribution < 1.29 is 45.8 Å². The van der Waals surface area contributed by atoms with E-state index in [0.717, 1.165) is 23.1 Å². The van der Waals surface area contributed by atoms with Crippen molar-refractivity contribution in [3.8, 4) is 5.75 Å². The first-order valence-electron chi connectivity index (χ1n) is 9.73. The van der Waals surface area contributed by atoms with E-state index in [4.69, 9.17) is 0 Å². The highest BCUT2D eigenvalue weighted by Gasteiger charge is 2.44. The van der Waals surface area contributed by atoms with E-state index in [0.29, 0.717) is 0 Å². The third kappa shape index (κ3) is 4.41. The first-order valence-corrected chi connectivity index (χ1v) is 11.2. The molecule has 2 aliphatic rings. The summed E-state index contributed by atoms with van der Waals surface area (Å²) in [5.74, 6) is -2.90. The van der Waals surface area contributed by atoms with Gasteiger partial charge in [-0.3, -0.25) is 29.3 Å². The van der Waals surface area contributed by atoms with Crippen LogP contribution in [0.2, 0.25) is 0 Å². The fourth-order valence-electron chi connectivity index (χ4n) is 3.79. The summed E-state index contributed by atoms with van der Waals surface area (Å²) < 4.78 is 69.4. The fourth-order valence-corrected chi connectivity index (χ4v) is 4.96. The summed E-state index contributed by atoms with van der Waals surface area (Å²) in [5, 5.41) is 12.8. The molecule has 0 radical (unpaired) electrons. The summed E-state index contributed by atoms with van der Waals surface area (Å²) in [5.41, 5.74) is -0.173. The normalized spacial score (nSPS) is 20.7. The largest absolute Gasteiger partial charge is 0.573 e. The summed E-state index contributed by atoms with van der Waals surface area (Å²) in [6.45, 7) is 0. The van der Waals surface area contributed by atoms with Gasteiger partial charge in [0.05, 0.1) is 0 Å². The molecule has 14 heteroatoms. The van der Waals surface area contributed by atoms with E-state index in [-0.39, 0.29) is 29.7 Å². The first kappa shape index (κ1) is 23.5. The van der Waals surface area contributed by atoms with E-state index in [2.05, 4.69) is 14.8 Å². The third-order valence-electron chi connectivity index (χ3n) is 5.22. The van der Waals surface area contributed by atoms with Gasteiger partial charge in [0.15, 0.2) is 6.23 Å². The maximum Gasteiger partial charge on any atom is 0.573 e. The summed E-state index contributed by atoms with van der Waals surface area (Å²) in [6.07, 6.45) is -6.77. The molecule has 0 aromatic heterocycles. The number of ether oxygens (including phenoxy) is 1. The number of anilines is 1. The minimum atomic E-state index is -5.12. The van der Waals surface area contributed by atoms with Crippen molar-refractivity contribution >= 4 is 33.4 Å². The van der Waals surface area contributed by atoms with Crippen molar-refractivity contribution in [3.05, 3.63) is 53.6 Å². The molecule has 1 fully saturated rings. The Balaban J connectivity index is 1.61. The zero-order valence-electron chi connectivity index (χ0n) is 17.0. The fraction of sp³-hybridized carbons (Fsp3) is 0.250. The van der Waals surface area contributed by atoms with E-state index in [1.54, 1.807) is 0 Å². The number of halogens is 3. The minimum absolute atomic E-state index is 0.000882. The maximum absolute atomic E-state index is 12.8. The van der Waals surface area contributed by atoms with Crippen LogP contribution >= 0.6 is 0 Å². The predicted molar refractivity (Wildman–Crippen MR) is 108 cm³/mol. The topological polar surface area (TPSA) is 142 Å². The lowest BCUT2D eigenvalue weighted by Crippen LogP contribution is -2.53. The van der Waals surface area contributed by atoms with Crippen molar-refractivity contribution in [1.82, 2.24) is 10.2 Å². The van der Waals surface area contributed by atoms with Crippen LogP contribution in [0.15, 0.2) is 47.4 Å². The second kappa shape index (κ2) is 8.29. The van der Waals surface area contributed by atoms with Crippen LogP contribution in [0.1, 0.15) is 35.0 Å². The Morgan fingerprint density at radius 1 is 1.12 bits per heavy atom. The van der Waals surface area contributed by atoms with Gasteiger partial charge in [-0.15, -0.1) is 13.2 Å². The van der Waals surface area contributed by atoms with Crippen molar-refractivity contribution in [1.29, 1.82) is 0 Å². The third-order valence-corrected chi connectivity index (χ3v) is 6.64. The van der Waals surface area contributed by atoms with E-state index in [9.17, 15) is 41.1 Å². The molecule has 2 atom stereocenters. The number of benzene rings is 2. The average Bonchev–Trinajstić information content (AvgIpc) is 2.97. The Labute approximate surface area is 190 Å². The number of sulfonamides is 1. The molecule has 34 heavy (non-hydrogen) atoms. The van der Waals surface area contributed by atoms with Crippen LogP contribution < -0.4 is 14.8 Å². The number of amides is 3. The number of nitrogens with one attached hydrogen (secondary N) is 2. The Morgan fingerprint density at radius 3 is 2.50 bits per heavy atom. The van der Waals surface area contributed by atoms with Crippen molar-refractivity contribution in [2.45, 2.75) is 36.4 Å².